The lowest BCUT2D eigenvalue weighted by Gasteiger charge is -2.42. The Morgan fingerprint density at radius 3 is 2.44 bits per heavy atom. The Kier molecular flexibility index (Phi) is 10.1. The molecule has 2 saturated heterocycles. The van der Waals surface area contributed by atoms with Crippen LogP contribution in [0.1, 0.15) is 41.5 Å². The van der Waals surface area contributed by atoms with E-state index >= 15 is 0 Å². The number of nitrogens with one attached hydrogen (secondary N) is 1. The summed E-state index contributed by atoms with van der Waals surface area (Å²) in [6.07, 6.45) is 3.84. The van der Waals surface area contributed by atoms with Gasteiger partial charge in [-0.1, -0.05) is 12.0 Å². The number of rotatable bonds is 10. The van der Waals surface area contributed by atoms with Gasteiger partial charge in [0, 0.05) is 67.6 Å². The van der Waals surface area contributed by atoms with Gasteiger partial charge in [-0.15, -0.1) is 17.8 Å². The van der Waals surface area contributed by atoms with Crippen molar-refractivity contribution in [3.63, 3.8) is 0 Å². The number of hydrogen-bond donors (Lipinski definition) is 1. The highest BCUT2D eigenvalue weighted by atomic mass is 32.2. The minimum absolute atomic E-state index is 0.118. The molecule has 0 aliphatic carbocycles. The summed E-state index contributed by atoms with van der Waals surface area (Å²) >= 11 is 1.04. The van der Waals surface area contributed by atoms with Crippen molar-refractivity contribution in [1.29, 1.82) is 5.26 Å². The highest BCUT2D eigenvalue weighted by Gasteiger charge is 2.37. The molecular weight excluding hydrogens is 693 g/mol. The number of nitrogens with zero attached hydrogens (tertiary/aromatic N) is 7. The van der Waals surface area contributed by atoms with Gasteiger partial charge in [0.25, 0.3) is 0 Å². The van der Waals surface area contributed by atoms with Crippen molar-refractivity contribution in [1.82, 2.24) is 28.6 Å². The van der Waals surface area contributed by atoms with E-state index in [1.165, 1.54) is 12.4 Å². The Morgan fingerprint density at radius 1 is 1.08 bits per heavy atom. The molecule has 2 fully saturated rings. The third-order valence-electron chi connectivity index (χ3n) is 9.90. The van der Waals surface area contributed by atoms with Gasteiger partial charge in [0.15, 0.2) is 0 Å². The molecule has 0 bridgehead atoms. The maximum atomic E-state index is 13.1. The number of aromatic nitrogens is 3. The van der Waals surface area contributed by atoms with Crippen molar-refractivity contribution >= 4 is 48.3 Å². The van der Waals surface area contributed by atoms with Crippen LogP contribution in [-0.4, -0.2) is 100 Å². The summed E-state index contributed by atoms with van der Waals surface area (Å²) in [5.74, 6) is 3.44. The molecule has 16 heteroatoms. The summed E-state index contributed by atoms with van der Waals surface area (Å²) in [7, 11) is -3.93. The number of aryl methyl sites for hydroxylation is 1. The third kappa shape index (κ3) is 7.45. The molecule has 2 aliphatic rings. The van der Waals surface area contributed by atoms with Crippen LogP contribution in [0.3, 0.4) is 0 Å². The van der Waals surface area contributed by atoms with E-state index in [9.17, 15) is 31.2 Å². The van der Waals surface area contributed by atoms with Crippen LogP contribution < -0.4 is 5.32 Å². The Bertz CT molecular complexity index is 2070. The van der Waals surface area contributed by atoms with Gasteiger partial charge in [-0.25, -0.2) is 22.8 Å². The molecule has 50 heavy (non-hydrogen) atoms. The molecule has 0 saturated carbocycles. The van der Waals surface area contributed by atoms with Crippen molar-refractivity contribution in [3.05, 3.63) is 52.3 Å². The summed E-state index contributed by atoms with van der Waals surface area (Å²) in [4.78, 5) is 13.6. The molecule has 1 aromatic carbocycles. The van der Waals surface area contributed by atoms with E-state index in [2.05, 4.69) is 45.2 Å². The highest BCUT2D eigenvalue weighted by Crippen LogP contribution is 2.34. The molecular formula is C34H38F4N8O2S2. The van der Waals surface area contributed by atoms with Crippen LogP contribution in [0.4, 0.5) is 23.4 Å². The molecule has 0 radical (unpaired) electrons. The first kappa shape index (κ1) is 36.0. The normalized spacial score (nSPS) is 18.6. The van der Waals surface area contributed by atoms with Crippen molar-refractivity contribution in [2.45, 2.75) is 64.0 Å². The van der Waals surface area contributed by atoms with Gasteiger partial charge in [-0.2, -0.15) is 22.7 Å². The van der Waals surface area contributed by atoms with Gasteiger partial charge >= 0.3 is 6.18 Å². The van der Waals surface area contributed by atoms with E-state index < -0.39 is 34.2 Å². The quantitative estimate of drug-likeness (QED) is 0.174. The second-order valence-electron chi connectivity index (χ2n) is 13.2. The van der Waals surface area contributed by atoms with Crippen molar-refractivity contribution < 1.29 is 26.0 Å². The van der Waals surface area contributed by atoms with Crippen LogP contribution in [0.25, 0.3) is 21.1 Å². The molecule has 3 aromatic heterocycles. The van der Waals surface area contributed by atoms with Gasteiger partial charge in [-0.05, 0) is 56.0 Å². The first-order chi connectivity index (χ1) is 23.7. The zero-order valence-corrected chi connectivity index (χ0v) is 29.4. The maximum absolute atomic E-state index is 13.1. The van der Waals surface area contributed by atoms with Crippen LogP contribution in [0, 0.1) is 30.6 Å². The lowest BCUT2D eigenvalue weighted by molar-refractivity contribution is -0.126. The summed E-state index contributed by atoms with van der Waals surface area (Å²) < 4.78 is 79.1. The summed E-state index contributed by atoms with van der Waals surface area (Å²) in [5.41, 5.74) is 2.75. The monoisotopic (exact) mass is 730 g/mol. The molecule has 10 nitrogen and oxygen atoms in total. The molecule has 1 N–H and O–H groups in total. The summed E-state index contributed by atoms with van der Waals surface area (Å²) in [5, 5.41) is 15.1. The molecule has 6 rings (SSSR count). The van der Waals surface area contributed by atoms with Crippen molar-refractivity contribution in [2.75, 3.05) is 50.6 Å². The zero-order valence-electron chi connectivity index (χ0n) is 27.8. The number of anilines is 1. The molecule has 1 atom stereocenters. The maximum Gasteiger partial charge on any atom is 0.393 e. The predicted molar refractivity (Wildman–Crippen MR) is 186 cm³/mol. The van der Waals surface area contributed by atoms with E-state index in [1.807, 2.05) is 28.5 Å². The smallest absolute Gasteiger partial charge is 0.367 e. The number of sulfonamides is 1. The fraction of sp³-hybridized carbons (Fsp3) is 0.500. The second kappa shape index (κ2) is 14.1. The molecule has 0 amide bonds. The number of halogens is 4. The number of likely N-dealkylation sites (tertiary alicyclic amines) is 1. The van der Waals surface area contributed by atoms with E-state index in [4.69, 9.17) is 6.42 Å². The first-order valence-electron chi connectivity index (χ1n) is 16.3. The standard InChI is InChI=1S/C34H38F4N8O2S2/c1-4-33(3,44-11-13-45(14-12-44)50(47,48)21-35)20-46-26(18-39)15-28-23(2)24(5-6-30(28)46)19-43-9-7-25(8-10-43)42-31-29-16-27(17-34(36,37)38)49-32(29)41-22-40-31/h1,5-6,15-16,22,25H,7-14,17,19-21H2,2-3H3,(H,40,41,42)/t33-/m0/s1. The average molecular weight is 731 g/mol. The minimum Gasteiger partial charge on any atom is -0.367 e. The summed E-state index contributed by atoms with van der Waals surface area (Å²) in [6, 6.07) is 8.53. The van der Waals surface area contributed by atoms with E-state index in [0.29, 0.717) is 41.4 Å². The second-order valence-corrected chi connectivity index (χ2v) is 16.2. The number of nitriles is 1. The van der Waals surface area contributed by atoms with E-state index in [1.54, 1.807) is 0 Å². The number of piperazine rings is 1. The topological polar surface area (TPSA) is 110 Å². The van der Waals surface area contributed by atoms with E-state index in [-0.39, 0.29) is 24.0 Å². The van der Waals surface area contributed by atoms with Crippen LogP contribution >= 0.6 is 11.3 Å². The number of piperidine rings is 1. The lowest BCUT2D eigenvalue weighted by atomic mass is 9.99. The number of hydrogen-bond acceptors (Lipinski definition) is 9. The SMILES string of the molecule is C#C[C@@](C)(Cn1c(C#N)cc2c(C)c(CN3CCC(Nc4ncnc5sc(CC(F)(F)F)cc45)CC3)ccc21)N1CCN(S(=O)(=O)CF)CC1. The van der Waals surface area contributed by atoms with E-state index in [0.717, 1.165) is 70.1 Å². The van der Waals surface area contributed by atoms with Gasteiger partial charge < -0.3 is 9.88 Å². The van der Waals surface area contributed by atoms with Crippen LogP contribution in [0.5, 0.6) is 0 Å². The minimum atomic E-state index is -4.28. The van der Waals surface area contributed by atoms with Crippen LogP contribution in [-0.2, 0) is 29.5 Å². The molecule has 0 spiro atoms. The van der Waals surface area contributed by atoms with Gasteiger partial charge in [0.2, 0.25) is 16.0 Å². The summed E-state index contributed by atoms with van der Waals surface area (Å²) in [6.45, 7) is 7.60. The number of alkyl halides is 4. The lowest BCUT2D eigenvalue weighted by Crippen LogP contribution is -2.57. The number of fused-ring (bicyclic) bond motifs is 2. The number of terminal acetylenes is 1. The van der Waals surface area contributed by atoms with Crippen LogP contribution in [0.15, 0.2) is 30.6 Å². The molecule has 4 aromatic rings. The Labute approximate surface area is 292 Å². The fourth-order valence-corrected chi connectivity index (χ4v) is 8.89. The Balaban J connectivity index is 1.11. The first-order valence-corrected chi connectivity index (χ1v) is 18.7. The van der Waals surface area contributed by atoms with Crippen molar-refractivity contribution in [3.8, 4) is 18.4 Å². The Morgan fingerprint density at radius 2 is 1.80 bits per heavy atom. The number of thiophene rings is 1. The van der Waals surface area contributed by atoms with Crippen molar-refractivity contribution in [2.24, 2.45) is 0 Å². The van der Waals surface area contributed by atoms with Gasteiger partial charge in [0.05, 0.1) is 23.9 Å². The van der Waals surface area contributed by atoms with Gasteiger partial charge in [-0.3, -0.25) is 9.80 Å². The van der Waals surface area contributed by atoms with Crippen LogP contribution in [0.2, 0.25) is 0 Å². The average Bonchev–Trinajstić information content (AvgIpc) is 3.67. The highest BCUT2D eigenvalue weighted by molar-refractivity contribution is 7.88. The molecule has 0 unspecified atom stereocenters. The largest absolute Gasteiger partial charge is 0.393 e. The zero-order chi connectivity index (χ0) is 35.8. The molecule has 2 aliphatic heterocycles. The third-order valence-corrected chi connectivity index (χ3v) is 12.4. The fourth-order valence-electron chi connectivity index (χ4n) is 7.00. The molecule has 266 valence electrons. The predicted octanol–water partition coefficient (Wildman–Crippen LogP) is 5.27. The van der Waals surface area contributed by atoms with Gasteiger partial charge in [0.1, 0.15) is 28.7 Å². The number of benzene rings is 1. The molecule has 5 heterocycles. The Hall–Kier alpha value is -3.80.